The van der Waals surface area contributed by atoms with E-state index in [0.717, 1.165) is 30.1 Å². The number of fused-ring (bicyclic) bond motifs is 1. The lowest BCUT2D eigenvalue weighted by atomic mass is 10.2. The SMILES string of the molecule is CC(C)OCCSCCc1ccc2ccccc2n1. The summed E-state index contributed by atoms with van der Waals surface area (Å²) in [4.78, 5) is 4.68. The van der Waals surface area contributed by atoms with Crippen LogP contribution in [-0.2, 0) is 11.2 Å². The van der Waals surface area contributed by atoms with Gasteiger partial charge < -0.3 is 4.74 Å². The molecule has 0 amide bonds. The second-order valence-corrected chi connectivity index (χ2v) is 6.00. The molecule has 1 aromatic heterocycles. The first-order chi connectivity index (χ1) is 9.25. The zero-order valence-corrected chi connectivity index (χ0v) is 12.5. The van der Waals surface area contributed by atoms with Gasteiger partial charge in [-0.15, -0.1) is 0 Å². The minimum Gasteiger partial charge on any atom is -0.378 e. The third-order valence-electron chi connectivity index (χ3n) is 2.84. The molecule has 0 unspecified atom stereocenters. The van der Waals surface area contributed by atoms with Gasteiger partial charge in [-0.3, -0.25) is 4.98 Å². The maximum atomic E-state index is 5.52. The Bertz CT molecular complexity index is 513. The zero-order valence-electron chi connectivity index (χ0n) is 11.6. The highest BCUT2D eigenvalue weighted by atomic mass is 32.2. The van der Waals surface area contributed by atoms with E-state index < -0.39 is 0 Å². The molecule has 0 aliphatic heterocycles. The van der Waals surface area contributed by atoms with Gasteiger partial charge in [0.1, 0.15) is 0 Å². The molecule has 0 aliphatic rings. The van der Waals surface area contributed by atoms with E-state index in [4.69, 9.17) is 4.74 Å². The van der Waals surface area contributed by atoms with Gasteiger partial charge in [-0.1, -0.05) is 24.3 Å². The molecule has 0 spiro atoms. The molecule has 3 heteroatoms. The molecule has 0 N–H and O–H groups in total. The third-order valence-corrected chi connectivity index (χ3v) is 3.79. The number of thioether (sulfide) groups is 1. The molecule has 0 saturated heterocycles. The standard InChI is InChI=1S/C16H21NOS/c1-13(2)18-10-12-19-11-9-15-8-7-14-5-3-4-6-16(14)17-15/h3-8,13H,9-12H2,1-2H3. The Balaban J connectivity index is 1.75. The zero-order chi connectivity index (χ0) is 13.5. The molecule has 102 valence electrons. The summed E-state index contributed by atoms with van der Waals surface area (Å²) in [5.74, 6) is 2.17. The van der Waals surface area contributed by atoms with E-state index >= 15 is 0 Å². The van der Waals surface area contributed by atoms with Crippen LogP contribution in [0.4, 0.5) is 0 Å². The highest BCUT2D eigenvalue weighted by Gasteiger charge is 1.99. The van der Waals surface area contributed by atoms with Gasteiger partial charge in [-0.25, -0.2) is 0 Å². The van der Waals surface area contributed by atoms with E-state index in [1.54, 1.807) is 0 Å². The quantitative estimate of drug-likeness (QED) is 0.715. The van der Waals surface area contributed by atoms with Crippen molar-refractivity contribution < 1.29 is 4.74 Å². The second kappa shape index (κ2) is 7.51. The molecule has 1 heterocycles. The maximum Gasteiger partial charge on any atom is 0.0705 e. The first kappa shape index (κ1) is 14.4. The van der Waals surface area contributed by atoms with E-state index in [0.29, 0.717) is 6.10 Å². The summed E-state index contributed by atoms with van der Waals surface area (Å²) >= 11 is 1.93. The van der Waals surface area contributed by atoms with Crippen LogP contribution in [0.15, 0.2) is 36.4 Å². The number of hydrogen-bond acceptors (Lipinski definition) is 3. The van der Waals surface area contributed by atoms with Gasteiger partial charge in [0.05, 0.1) is 18.2 Å². The summed E-state index contributed by atoms with van der Waals surface area (Å²) in [7, 11) is 0. The number of aromatic nitrogens is 1. The van der Waals surface area contributed by atoms with Crippen molar-refractivity contribution in [3.63, 3.8) is 0 Å². The highest BCUT2D eigenvalue weighted by molar-refractivity contribution is 7.99. The van der Waals surface area contributed by atoms with Crippen LogP contribution < -0.4 is 0 Å². The lowest BCUT2D eigenvalue weighted by Gasteiger charge is -2.07. The van der Waals surface area contributed by atoms with E-state index in [-0.39, 0.29) is 0 Å². The van der Waals surface area contributed by atoms with Gasteiger partial charge in [-0.2, -0.15) is 11.8 Å². The Labute approximate surface area is 119 Å². The van der Waals surface area contributed by atoms with E-state index in [9.17, 15) is 0 Å². The average Bonchev–Trinajstić information content (AvgIpc) is 2.42. The Morgan fingerprint density at radius 1 is 1.11 bits per heavy atom. The van der Waals surface area contributed by atoms with Crippen molar-refractivity contribution in [2.75, 3.05) is 18.1 Å². The first-order valence-electron chi connectivity index (χ1n) is 6.80. The molecule has 0 atom stereocenters. The molecular weight excluding hydrogens is 254 g/mol. The summed E-state index contributed by atoms with van der Waals surface area (Å²) in [5.41, 5.74) is 2.27. The average molecular weight is 275 g/mol. The number of ether oxygens (including phenoxy) is 1. The van der Waals surface area contributed by atoms with Crippen molar-refractivity contribution in [1.82, 2.24) is 4.98 Å². The van der Waals surface area contributed by atoms with Crippen molar-refractivity contribution in [1.29, 1.82) is 0 Å². The van der Waals surface area contributed by atoms with Crippen molar-refractivity contribution in [3.8, 4) is 0 Å². The van der Waals surface area contributed by atoms with Gasteiger partial charge in [0.25, 0.3) is 0 Å². The number of nitrogens with zero attached hydrogens (tertiary/aromatic N) is 1. The molecule has 1 aromatic carbocycles. The summed E-state index contributed by atoms with van der Waals surface area (Å²) in [6.45, 7) is 4.99. The number of rotatable bonds is 7. The van der Waals surface area contributed by atoms with Crippen molar-refractivity contribution in [3.05, 3.63) is 42.1 Å². The molecule has 0 saturated carbocycles. The Hall–Kier alpha value is -1.06. The molecular formula is C16H21NOS. The topological polar surface area (TPSA) is 22.1 Å². The third kappa shape index (κ3) is 4.84. The van der Waals surface area contributed by atoms with Crippen molar-refractivity contribution >= 4 is 22.7 Å². The Kier molecular flexibility index (Phi) is 5.67. The van der Waals surface area contributed by atoms with Crippen LogP contribution in [0.1, 0.15) is 19.5 Å². The smallest absolute Gasteiger partial charge is 0.0705 e. The van der Waals surface area contributed by atoms with Crippen molar-refractivity contribution in [2.45, 2.75) is 26.4 Å². The lowest BCUT2D eigenvalue weighted by molar-refractivity contribution is 0.0920. The van der Waals surface area contributed by atoms with Crippen LogP contribution in [-0.4, -0.2) is 29.2 Å². The fraction of sp³-hybridized carbons (Fsp3) is 0.438. The fourth-order valence-corrected chi connectivity index (χ4v) is 2.64. The number of para-hydroxylation sites is 1. The van der Waals surface area contributed by atoms with Crippen LogP contribution >= 0.6 is 11.8 Å². The summed E-state index contributed by atoms with van der Waals surface area (Å²) < 4.78 is 5.52. The molecule has 0 bridgehead atoms. The molecule has 0 fully saturated rings. The summed E-state index contributed by atoms with van der Waals surface area (Å²) in [6, 6.07) is 12.6. The monoisotopic (exact) mass is 275 g/mol. The van der Waals surface area contributed by atoms with E-state index in [2.05, 4.69) is 43.1 Å². The van der Waals surface area contributed by atoms with Crippen LogP contribution in [0.5, 0.6) is 0 Å². The van der Waals surface area contributed by atoms with Crippen LogP contribution in [0.3, 0.4) is 0 Å². The van der Waals surface area contributed by atoms with Gasteiger partial charge in [0, 0.05) is 16.8 Å². The molecule has 2 nitrogen and oxygen atoms in total. The van der Waals surface area contributed by atoms with E-state index in [1.165, 1.54) is 11.1 Å². The minimum absolute atomic E-state index is 0.336. The van der Waals surface area contributed by atoms with E-state index in [1.807, 2.05) is 23.9 Å². The van der Waals surface area contributed by atoms with Crippen LogP contribution in [0.25, 0.3) is 10.9 Å². The molecule has 2 rings (SSSR count). The number of pyridine rings is 1. The predicted octanol–water partition coefficient (Wildman–Crippen LogP) is 3.94. The molecule has 0 radical (unpaired) electrons. The number of hydrogen-bond donors (Lipinski definition) is 0. The van der Waals surface area contributed by atoms with Gasteiger partial charge in [0.2, 0.25) is 0 Å². The lowest BCUT2D eigenvalue weighted by Crippen LogP contribution is -2.06. The Morgan fingerprint density at radius 3 is 2.79 bits per heavy atom. The number of aryl methyl sites for hydroxylation is 1. The molecule has 2 aromatic rings. The van der Waals surface area contributed by atoms with Crippen LogP contribution in [0.2, 0.25) is 0 Å². The van der Waals surface area contributed by atoms with Crippen LogP contribution in [0, 0.1) is 0 Å². The minimum atomic E-state index is 0.336. The first-order valence-corrected chi connectivity index (χ1v) is 7.95. The van der Waals surface area contributed by atoms with Crippen molar-refractivity contribution in [2.24, 2.45) is 0 Å². The number of benzene rings is 1. The summed E-state index contributed by atoms with van der Waals surface area (Å²) in [6.07, 6.45) is 1.36. The van der Waals surface area contributed by atoms with Gasteiger partial charge in [0.15, 0.2) is 0 Å². The Morgan fingerprint density at radius 2 is 1.95 bits per heavy atom. The largest absolute Gasteiger partial charge is 0.378 e. The van der Waals surface area contributed by atoms with Gasteiger partial charge in [-0.05, 0) is 38.2 Å². The maximum absolute atomic E-state index is 5.52. The second-order valence-electron chi connectivity index (χ2n) is 4.78. The summed E-state index contributed by atoms with van der Waals surface area (Å²) in [5, 5.41) is 1.21. The molecule has 0 aliphatic carbocycles. The predicted molar refractivity (Wildman–Crippen MR) is 83.9 cm³/mol. The molecule has 19 heavy (non-hydrogen) atoms. The normalized spacial score (nSPS) is 11.3. The fourth-order valence-electron chi connectivity index (χ4n) is 1.87. The highest BCUT2D eigenvalue weighted by Crippen LogP contribution is 2.13. The van der Waals surface area contributed by atoms with Gasteiger partial charge >= 0.3 is 0 Å².